The molecule has 0 saturated heterocycles. The van der Waals surface area contributed by atoms with E-state index in [4.69, 9.17) is 9.15 Å². The molecule has 0 aliphatic heterocycles. The number of methoxy groups -OCH3 is 1. The number of carbonyl (C=O) groups excluding carboxylic acids is 1. The summed E-state index contributed by atoms with van der Waals surface area (Å²) in [6.07, 6.45) is 0. The Morgan fingerprint density at radius 3 is 2.71 bits per heavy atom. The fourth-order valence-electron chi connectivity index (χ4n) is 3.88. The van der Waals surface area contributed by atoms with Gasteiger partial charge in [-0.25, -0.2) is 13.4 Å². The Hall–Kier alpha value is -3.76. The Balaban J connectivity index is 1.35. The largest absolute Gasteiger partial charge is 0.495 e. The lowest BCUT2D eigenvalue weighted by Crippen LogP contribution is -2.13. The number of ketones is 1. The fraction of sp³-hybridized carbons (Fsp3) is 0.120. The molecule has 35 heavy (non-hydrogen) atoms. The van der Waals surface area contributed by atoms with Crippen LogP contribution in [-0.4, -0.2) is 37.0 Å². The van der Waals surface area contributed by atoms with Crippen LogP contribution in [0.4, 0.5) is 5.69 Å². The minimum Gasteiger partial charge on any atom is -0.495 e. The maximum absolute atomic E-state index is 12.9. The number of para-hydroxylation sites is 3. The molecule has 5 rings (SSSR count). The van der Waals surface area contributed by atoms with Crippen molar-refractivity contribution in [3.8, 4) is 5.75 Å². The highest BCUT2D eigenvalue weighted by atomic mass is 32.2. The Kier molecular flexibility index (Phi) is 6.00. The second-order valence-corrected chi connectivity index (χ2v) is 10.4. The number of Topliss-reactive ketones (excluding diaryl/α,β-unsaturated/α-hetero) is 1. The minimum absolute atomic E-state index is 0.0336. The van der Waals surface area contributed by atoms with Gasteiger partial charge in [-0.05, 0) is 43.3 Å². The van der Waals surface area contributed by atoms with Crippen molar-refractivity contribution in [1.82, 2.24) is 9.97 Å². The van der Waals surface area contributed by atoms with Crippen LogP contribution in [0, 0.1) is 6.92 Å². The van der Waals surface area contributed by atoms with Gasteiger partial charge in [-0.3, -0.25) is 9.52 Å². The summed E-state index contributed by atoms with van der Waals surface area (Å²) in [5.74, 6) is 0.500. The third kappa shape index (κ3) is 4.50. The van der Waals surface area contributed by atoms with E-state index in [1.165, 1.54) is 31.0 Å². The van der Waals surface area contributed by atoms with Gasteiger partial charge in [-0.15, -0.1) is 0 Å². The lowest BCUT2D eigenvalue weighted by Gasteiger charge is -2.11. The molecule has 0 unspecified atom stereocenters. The number of benzene rings is 3. The highest BCUT2D eigenvalue weighted by Crippen LogP contribution is 2.30. The molecular formula is C25H21N3O5S2. The molecule has 0 atom stereocenters. The number of hydrogen-bond acceptors (Lipinski definition) is 7. The van der Waals surface area contributed by atoms with Crippen LogP contribution in [0.25, 0.3) is 22.0 Å². The van der Waals surface area contributed by atoms with E-state index < -0.39 is 10.0 Å². The molecular weight excluding hydrogens is 486 g/mol. The van der Waals surface area contributed by atoms with E-state index in [9.17, 15) is 13.2 Å². The summed E-state index contributed by atoms with van der Waals surface area (Å²) in [7, 11) is -2.41. The monoisotopic (exact) mass is 507 g/mol. The zero-order valence-corrected chi connectivity index (χ0v) is 20.5. The first kappa shape index (κ1) is 23.0. The molecule has 0 aliphatic rings. The van der Waals surface area contributed by atoms with Gasteiger partial charge in [0.05, 0.1) is 23.4 Å². The van der Waals surface area contributed by atoms with E-state index in [0.717, 1.165) is 16.6 Å². The van der Waals surface area contributed by atoms with Crippen molar-refractivity contribution in [3.05, 3.63) is 78.0 Å². The number of anilines is 1. The number of aryl methyl sites for hydroxylation is 1. The molecule has 3 aromatic carbocycles. The van der Waals surface area contributed by atoms with Crippen LogP contribution in [-0.2, 0) is 10.0 Å². The third-order valence-corrected chi connectivity index (χ3v) is 7.69. The molecule has 2 N–H and O–H groups in total. The number of hydrogen-bond donors (Lipinski definition) is 2. The molecule has 0 fully saturated rings. The number of sulfonamides is 1. The molecule has 0 spiro atoms. The van der Waals surface area contributed by atoms with E-state index in [2.05, 4.69) is 14.7 Å². The predicted molar refractivity (Wildman–Crippen MR) is 136 cm³/mol. The molecule has 10 heteroatoms. The molecule has 0 bridgehead atoms. The summed E-state index contributed by atoms with van der Waals surface area (Å²) >= 11 is 1.17. The van der Waals surface area contributed by atoms with Crippen molar-refractivity contribution >= 4 is 55.3 Å². The van der Waals surface area contributed by atoms with E-state index in [-0.39, 0.29) is 21.7 Å². The SMILES string of the molecule is COc1ccccc1NS(=O)(=O)c1ccc2oc(SCC(=O)c3c(C)[nH]c4ccccc34)nc2c1. The van der Waals surface area contributed by atoms with Crippen LogP contribution in [0.15, 0.2) is 81.3 Å². The van der Waals surface area contributed by atoms with Gasteiger partial charge in [0.25, 0.3) is 15.2 Å². The number of rotatable bonds is 8. The van der Waals surface area contributed by atoms with E-state index in [0.29, 0.717) is 28.1 Å². The molecule has 0 amide bonds. The number of ether oxygens (including phenoxy) is 1. The summed E-state index contributed by atoms with van der Waals surface area (Å²) < 4.78 is 39.3. The second kappa shape index (κ2) is 9.12. The van der Waals surface area contributed by atoms with Gasteiger partial charge in [0, 0.05) is 22.2 Å². The average molecular weight is 508 g/mol. The number of oxazole rings is 1. The zero-order valence-electron chi connectivity index (χ0n) is 18.9. The Bertz CT molecular complexity index is 1670. The van der Waals surface area contributed by atoms with Gasteiger partial charge < -0.3 is 14.1 Å². The summed E-state index contributed by atoms with van der Waals surface area (Å²) in [5, 5.41) is 1.17. The molecule has 0 aliphatic carbocycles. The first-order valence-electron chi connectivity index (χ1n) is 10.7. The molecule has 2 heterocycles. The van der Waals surface area contributed by atoms with Gasteiger partial charge in [0.15, 0.2) is 11.4 Å². The summed E-state index contributed by atoms with van der Waals surface area (Å²) in [5.41, 5.74) is 3.52. The third-order valence-electron chi connectivity index (χ3n) is 5.50. The lowest BCUT2D eigenvalue weighted by atomic mass is 10.1. The average Bonchev–Trinajstić information content (AvgIpc) is 3.41. The van der Waals surface area contributed by atoms with Crippen LogP contribution >= 0.6 is 11.8 Å². The van der Waals surface area contributed by atoms with Gasteiger partial charge in [0.2, 0.25) is 0 Å². The highest BCUT2D eigenvalue weighted by Gasteiger charge is 2.20. The van der Waals surface area contributed by atoms with Gasteiger partial charge >= 0.3 is 0 Å². The van der Waals surface area contributed by atoms with Gasteiger partial charge in [0.1, 0.15) is 11.3 Å². The van der Waals surface area contributed by atoms with Crippen LogP contribution in [0.1, 0.15) is 16.1 Å². The van der Waals surface area contributed by atoms with E-state index in [1.54, 1.807) is 30.3 Å². The van der Waals surface area contributed by atoms with Crippen molar-refractivity contribution < 1.29 is 22.4 Å². The molecule has 0 saturated carbocycles. The second-order valence-electron chi connectivity index (χ2n) is 7.80. The quantitative estimate of drug-likeness (QED) is 0.213. The van der Waals surface area contributed by atoms with Crippen LogP contribution < -0.4 is 9.46 Å². The van der Waals surface area contributed by atoms with Gasteiger partial charge in [-0.2, -0.15) is 0 Å². The number of carbonyl (C=O) groups is 1. The normalized spacial score (nSPS) is 11.7. The Morgan fingerprint density at radius 1 is 1.11 bits per heavy atom. The number of nitrogens with zero attached hydrogens (tertiary/aromatic N) is 1. The minimum atomic E-state index is -3.89. The summed E-state index contributed by atoms with van der Waals surface area (Å²) in [6, 6.07) is 18.8. The molecule has 5 aromatic rings. The number of aromatic nitrogens is 2. The topological polar surface area (TPSA) is 114 Å². The number of thioether (sulfide) groups is 1. The molecule has 8 nitrogen and oxygen atoms in total. The van der Waals surface area contributed by atoms with Crippen molar-refractivity contribution in [2.45, 2.75) is 17.0 Å². The molecule has 178 valence electrons. The number of aromatic amines is 1. The fourth-order valence-corrected chi connectivity index (χ4v) is 5.68. The van der Waals surface area contributed by atoms with Crippen LogP contribution in [0.2, 0.25) is 0 Å². The maximum Gasteiger partial charge on any atom is 0.262 e. The lowest BCUT2D eigenvalue weighted by molar-refractivity contribution is 0.102. The van der Waals surface area contributed by atoms with Crippen molar-refractivity contribution in [2.75, 3.05) is 17.6 Å². The number of fused-ring (bicyclic) bond motifs is 2. The molecule has 0 radical (unpaired) electrons. The maximum atomic E-state index is 12.9. The Labute approximate surface area is 205 Å². The van der Waals surface area contributed by atoms with Crippen molar-refractivity contribution in [1.29, 1.82) is 0 Å². The van der Waals surface area contributed by atoms with Crippen LogP contribution in [0.3, 0.4) is 0 Å². The van der Waals surface area contributed by atoms with Crippen molar-refractivity contribution in [3.63, 3.8) is 0 Å². The first-order valence-corrected chi connectivity index (χ1v) is 13.1. The van der Waals surface area contributed by atoms with E-state index in [1.807, 2.05) is 31.2 Å². The number of H-pyrrole nitrogens is 1. The standard InChI is InChI=1S/C25H21N3O5S2/c1-15-24(17-7-3-4-8-18(17)26-15)21(29)14-34-25-27-20-13-16(11-12-23(20)33-25)35(30,31)28-19-9-5-6-10-22(19)32-2/h3-13,26,28H,14H2,1-2H3. The zero-order chi connectivity index (χ0) is 24.6. The summed E-state index contributed by atoms with van der Waals surface area (Å²) in [6.45, 7) is 1.87. The molecule has 2 aromatic heterocycles. The van der Waals surface area contributed by atoms with Gasteiger partial charge in [-0.1, -0.05) is 42.1 Å². The first-order chi connectivity index (χ1) is 16.9. The van der Waals surface area contributed by atoms with Crippen LogP contribution in [0.5, 0.6) is 5.75 Å². The van der Waals surface area contributed by atoms with Crippen molar-refractivity contribution in [2.24, 2.45) is 0 Å². The predicted octanol–water partition coefficient (Wildman–Crippen LogP) is 5.40. The smallest absolute Gasteiger partial charge is 0.262 e. The number of nitrogens with one attached hydrogen (secondary N) is 2. The van der Waals surface area contributed by atoms with E-state index >= 15 is 0 Å². The Morgan fingerprint density at radius 2 is 1.89 bits per heavy atom. The highest BCUT2D eigenvalue weighted by molar-refractivity contribution is 7.99. The summed E-state index contributed by atoms with van der Waals surface area (Å²) in [4.78, 5) is 20.6.